The molecular weight excluding hydrogens is 386 g/mol. The lowest BCUT2D eigenvalue weighted by Crippen LogP contribution is -2.27. The molecule has 2 rings (SSSR count). The van der Waals surface area contributed by atoms with Crippen molar-refractivity contribution in [3.63, 3.8) is 0 Å². The van der Waals surface area contributed by atoms with E-state index in [0.29, 0.717) is 10.0 Å². The highest BCUT2D eigenvalue weighted by molar-refractivity contribution is 9.10. The molecule has 1 N–H and O–H groups in total. The van der Waals surface area contributed by atoms with E-state index in [0.717, 1.165) is 5.56 Å². The maximum atomic E-state index is 12.3. The number of nitrogens with zero attached hydrogens (tertiary/aromatic N) is 2. The number of hydrogen-bond donors (Lipinski definition) is 1. The molecule has 1 amide bonds. The summed E-state index contributed by atoms with van der Waals surface area (Å²) in [5.74, 6) is -0.538. The molecule has 0 aliphatic rings. The smallest absolute Gasteiger partial charge is 0.284 e. The summed E-state index contributed by atoms with van der Waals surface area (Å²) in [6.45, 7) is 1.81. The van der Waals surface area contributed by atoms with Gasteiger partial charge in [-0.1, -0.05) is 36.4 Å². The number of amides is 1. The van der Waals surface area contributed by atoms with E-state index in [2.05, 4.69) is 21.2 Å². The van der Waals surface area contributed by atoms with Gasteiger partial charge in [-0.05, 0) is 46.1 Å². The Morgan fingerprint density at radius 1 is 1.32 bits per heavy atom. The highest BCUT2D eigenvalue weighted by atomic mass is 79.9. The number of carbonyl (C=O) groups is 1. The van der Waals surface area contributed by atoms with Crippen molar-refractivity contribution in [3.05, 3.63) is 79.8 Å². The number of nitro groups is 1. The van der Waals surface area contributed by atoms with Gasteiger partial charge in [-0.3, -0.25) is 14.9 Å². The first kappa shape index (κ1) is 18.4. The van der Waals surface area contributed by atoms with Crippen molar-refractivity contribution in [2.75, 3.05) is 0 Å². The van der Waals surface area contributed by atoms with Crippen molar-refractivity contribution in [2.45, 2.75) is 13.0 Å². The van der Waals surface area contributed by atoms with Crippen LogP contribution in [0, 0.1) is 21.4 Å². The Balaban J connectivity index is 2.23. The normalized spacial score (nSPS) is 12.1. The Kier molecular flexibility index (Phi) is 6.03. The fourth-order valence-corrected chi connectivity index (χ4v) is 2.57. The highest BCUT2D eigenvalue weighted by Gasteiger charge is 2.16. The fraction of sp³-hybridized carbons (Fsp3) is 0.111. The van der Waals surface area contributed by atoms with Crippen molar-refractivity contribution in [3.8, 4) is 6.07 Å². The van der Waals surface area contributed by atoms with Gasteiger partial charge in [0.25, 0.3) is 11.6 Å². The van der Waals surface area contributed by atoms with Crippen LogP contribution in [0.4, 0.5) is 5.69 Å². The summed E-state index contributed by atoms with van der Waals surface area (Å²) in [5.41, 5.74) is 1.05. The van der Waals surface area contributed by atoms with Crippen molar-refractivity contribution in [1.82, 2.24) is 5.32 Å². The predicted molar refractivity (Wildman–Crippen MR) is 97.4 cm³/mol. The number of hydrogen-bond acceptors (Lipinski definition) is 4. The maximum Gasteiger partial charge on any atom is 0.284 e. The first-order valence-electron chi connectivity index (χ1n) is 7.34. The van der Waals surface area contributed by atoms with Gasteiger partial charge in [-0.2, -0.15) is 5.26 Å². The summed E-state index contributed by atoms with van der Waals surface area (Å²) >= 11 is 3.10. The Labute approximate surface area is 153 Å². The number of halogens is 1. The molecule has 0 saturated heterocycles. The minimum absolute atomic E-state index is 0.126. The number of benzene rings is 2. The molecule has 126 valence electrons. The minimum atomic E-state index is -0.538. The summed E-state index contributed by atoms with van der Waals surface area (Å²) in [7, 11) is 0. The van der Waals surface area contributed by atoms with Gasteiger partial charge >= 0.3 is 0 Å². The predicted octanol–water partition coefficient (Wildman–Crippen LogP) is 4.14. The second-order valence-electron chi connectivity index (χ2n) is 5.24. The largest absolute Gasteiger partial charge is 0.345 e. The topological polar surface area (TPSA) is 96.0 Å². The van der Waals surface area contributed by atoms with Crippen LogP contribution < -0.4 is 5.32 Å². The quantitative estimate of drug-likeness (QED) is 0.353. The fourth-order valence-electron chi connectivity index (χ4n) is 2.17. The van der Waals surface area contributed by atoms with E-state index in [4.69, 9.17) is 0 Å². The number of nitro benzene ring substituents is 1. The van der Waals surface area contributed by atoms with Crippen LogP contribution in [0.3, 0.4) is 0 Å². The first-order chi connectivity index (χ1) is 11.9. The van der Waals surface area contributed by atoms with Crippen LogP contribution in [-0.2, 0) is 4.79 Å². The van der Waals surface area contributed by atoms with Crippen molar-refractivity contribution in [1.29, 1.82) is 5.26 Å². The van der Waals surface area contributed by atoms with Gasteiger partial charge in [0.05, 0.1) is 15.4 Å². The number of carbonyl (C=O) groups excluding carboxylic acids is 1. The molecule has 2 aromatic carbocycles. The lowest BCUT2D eigenvalue weighted by atomic mass is 10.1. The highest BCUT2D eigenvalue weighted by Crippen LogP contribution is 2.26. The molecule has 25 heavy (non-hydrogen) atoms. The van der Waals surface area contributed by atoms with E-state index in [-0.39, 0.29) is 17.3 Å². The minimum Gasteiger partial charge on any atom is -0.345 e. The van der Waals surface area contributed by atoms with Gasteiger partial charge in [0.1, 0.15) is 11.6 Å². The molecule has 0 spiro atoms. The summed E-state index contributed by atoms with van der Waals surface area (Å²) in [4.78, 5) is 22.7. The molecule has 0 saturated carbocycles. The third-order valence-electron chi connectivity index (χ3n) is 3.49. The molecule has 0 aliphatic carbocycles. The molecule has 1 atom stereocenters. The molecule has 2 aromatic rings. The Morgan fingerprint density at radius 3 is 2.60 bits per heavy atom. The SMILES string of the molecule is C[C@H](NC(=O)/C(C#N)=C/c1ccc(Br)c([N+](=O)[O-])c1)c1ccccc1. The molecule has 0 unspecified atom stereocenters. The molecule has 6 nitrogen and oxygen atoms in total. The molecule has 0 heterocycles. The van der Waals surface area contributed by atoms with E-state index < -0.39 is 10.8 Å². The Hall–Kier alpha value is -2.98. The van der Waals surface area contributed by atoms with Gasteiger partial charge in [0.15, 0.2) is 0 Å². The van der Waals surface area contributed by atoms with Crippen LogP contribution in [0.2, 0.25) is 0 Å². The monoisotopic (exact) mass is 399 g/mol. The van der Waals surface area contributed by atoms with E-state index in [1.807, 2.05) is 43.3 Å². The zero-order valence-corrected chi connectivity index (χ0v) is 14.9. The third-order valence-corrected chi connectivity index (χ3v) is 4.16. The van der Waals surface area contributed by atoms with Crippen LogP contribution in [0.25, 0.3) is 6.08 Å². The molecule has 0 bridgehead atoms. The standard InChI is InChI=1S/C18H14BrN3O3/c1-12(14-5-3-2-4-6-14)21-18(23)15(11-20)9-13-7-8-16(19)17(10-13)22(24)25/h2-10,12H,1H3,(H,21,23)/b15-9+/t12-/m0/s1. The molecular formula is C18H14BrN3O3. The van der Waals surface area contributed by atoms with Crippen LogP contribution in [0.15, 0.2) is 58.6 Å². The van der Waals surface area contributed by atoms with Gasteiger partial charge in [0, 0.05) is 6.07 Å². The molecule has 0 fully saturated rings. The van der Waals surface area contributed by atoms with E-state index >= 15 is 0 Å². The molecule has 0 aromatic heterocycles. The van der Waals surface area contributed by atoms with E-state index in [1.54, 1.807) is 6.07 Å². The van der Waals surface area contributed by atoms with Crippen molar-refractivity contribution >= 4 is 33.6 Å². The van der Waals surface area contributed by atoms with Gasteiger partial charge in [-0.15, -0.1) is 0 Å². The molecule has 0 radical (unpaired) electrons. The Bertz CT molecular complexity index is 873. The molecule has 0 aliphatic heterocycles. The van der Waals surface area contributed by atoms with E-state index in [9.17, 15) is 20.2 Å². The first-order valence-corrected chi connectivity index (χ1v) is 8.13. The average Bonchev–Trinajstić information content (AvgIpc) is 2.61. The number of nitriles is 1. The average molecular weight is 400 g/mol. The van der Waals surface area contributed by atoms with E-state index in [1.165, 1.54) is 18.2 Å². The van der Waals surface area contributed by atoms with Gasteiger partial charge in [0.2, 0.25) is 0 Å². The summed E-state index contributed by atoms with van der Waals surface area (Å²) in [6.07, 6.45) is 1.33. The zero-order chi connectivity index (χ0) is 18.4. The Morgan fingerprint density at radius 2 is 2.00 bits per heavy atom. The summed E-state index contributed by atoms with van der Waals surface area (Å²) < 4.78 is 0.329. The van der Waals surface area contributed by atoms with Gasteiger partial charge in [-0.25, -0.2) is 0 Å². The second kappa shape index (κ2) is 8.22. The lowest BCUT2D eigenvalue weighted by molar-refractivity contribution is -0.385. The van der Waals surface area contributed by atoms with Gasteiger partial charge < -0.3 is 5.32 Å². The maximum absolute atomic E-state index is 12.3. The lowest BCUT2D eigenvalue weighted by Gasteiger charge is -2.13. The molecule has 7 heteroatoms. The van der Waals surface area contributed by atoms with Crippen molar-refractivity contribution < 1.29 is 9.72 Å². The van der Waals surface area contributed by atoms with Crippen LogP contribution in [0.1, 0.15) is 24.1 Å². The van der Waals surface area contributed by atoms with Crippen molar-refractivity contribution in [2.24, 2.45) is 0 Å². The second-order valence-corrected chi connectivity index (χ2v) is 6.10. The zero-order valence-electron chi connectivity index (χ0n) is 13.3. The van der Waals surface area contributed by atoms with Crippen LogP contribution in [0.5, 0.6) is 0 Å². The number of rotatable bonds is 5. The third kappa shape index (κ3) is 4.75. The van der Waals surface area contributed by atoms with Crippen LogP contribution in [-0.4, -0.2) is 10.8 Å². The summed E-state index contributed by atoms with van der Waals surface area (Å²) in [5, 5.41) is 23.0. The number of nitrogens with one attached hydrogen (secondary N) is 1. The van der Waals surface area contributed by atoms with Crippen LogP contribution >= 0.6 is 15.9 Å². The summed E-state index contributed by atoms with van der Waals surface area (Å²) in [6, 6.07) is 15.3.